The van der Waals surface area contributed by atoms with Crippen molar-refractivity contribution in [2.45, 2.75) is 32.9 Å². The highest BCUT2D eigenvalue weighted by molar-refractivity contribution is 5.82. The first-order valence-electron chi connectivity index (χ1n) is 6.84. The van der Waals surface area contributed by atoms with E-state index in [4.69, 9.17) is 5.11 Å². The summed E-state index contributed by atoms with van der Waals surface area (Å²) in [6, 6.07) is 4.67. The molecule has 1 aromatic rings. The predicted molar refractivity (Wildman–Crippen MR) is 77.3 cm³/mol. The van der Waals surface area contributed by atoms with Gasteiger partial charge in [0.1, 0.15) is 11.9 Å². The van der Waals surface area contributed by atoms with E-state index in [2.05, 4.69) is 5.32 Å². The van der Waals surface area contributed by atoms with Crippen LogP contribution in [-0.4, -0.2) is 35.1 Å². The highest BCUT2D eigenvalue weighted by atomic mass is 19.1. The van der Waals surface area contributed by atoms with Crippen LogP contribution >= 0.6 is 0 Å². The van der Waals surface area contributed by atoms with E-state index in [9.17, 15) is 14.0 Å². The molecule has 0 bridgehead atoms. The van der Waals surface area contributed by atoms with Gasteiger partial charge in [-0.1, -0.05) is 38.5 Å². The molecule has 0 saturated carbocycles. The number of carbonyl (C=O) groups excluding carboxylic acids is 1. The van der Waals surface area contributed by atoms with Crippen LogP contribution in [0.25, 0.3) is 0 Å². The molecule has 0 unspecified atom stereocenters. The second-order valence-electron chi connectivity index (χ2n) is 5.10. The van der Waals surface area contributed by atoms with E-state index < -0.39 is 23.9 Å². The highest BCUT2D eigenvalue weighted by Crippen LogP contribution is 2.11. The molecule has 116 valence electrons. The Morgan fingerprint density at radius 1 is 1.38 bits per heavy atom. The molecular formula is C15H21FN2O3. The van der Waals surface area contributed by atoms with Crippen LogP contribution in [-0.2, 0) is 11.3 Å². The molecule has 1 rings (SSSR count). The van der Waals surface area contributed by atoms with Gasteiger partial charge in [-0.25, -0.2) is 14.0 Å². The van der Waals surface area contributed by atoms with Crippen molar-refractivity contribution in [1.82, 2.24) is 10.2 Å². The normalized spacial score (nSPS) is 13.3. The van der Waals surface area contributed by atoms with Crippen LogP contribution in [0.5, 0.6) is 0 Å². The second kappa shape index (κ2) is 7.61. The number of rotatable bonds is 6. The first-order chi connectivity index (χ1) is 9.86. The second-order valence-corrected chi connectivity index (χ2v) is 5.10. The molecule has 0 saturated heterocycles. The van der Waals surface area contributed by atoms with Crippen molar-refractivity contribution in [3.8, 4) is 0 Å². The molecule has 2 N–H and O–H groups in total. The summed E-state index contributed by atoms with van der Waals surface area (Å²) >= 11 is 0. The molecule has 0 heterocycles. The standard InChI is InChI=1S/C15H21FN2O3/c1-4-10(2)13(14(19)20)17-15(21)18(3)9-11-7-5-6-8-12(11)16/h5-8,10,13H,4,9H2,1-3H3,(H,17,21)(H,19,20)/t10-,13-/m0/s1. The summed E-state index contributed by atoms with van der Waals surface area (Å²) in [4.78, 5) is 24.5. The van der Waals surface area contributed by atoms with Crippen LogP contribution in [0.4, 0.5) is 9.18 Å². The topological polar surface area (TPSA) is 69.6 Å². The molecule has 0 aliphatic carbocycles. The Hall–Kier alpha value is -2.11. The third-order valence-electron chi connectivity index (χ3n) is 3.47. The Labute approximate surface area is 123 Å². The molecule has 6 heteroatoms. The SMILES string of the molecule is CC[C@H](C)[C@H](NC(=O)N(C)Cc1ccccc1F)C(=O)O. The van der Waals surface area contributed by atoms with Gasteiger partial charge in [-0.3, -0.25) is 0 Å². The van der Waals surface area contributed by atoms with Crippen LogP contribution in [0.3, 0.4) is 0 Å². The van der Waals surface area contributed by atoms with Crippen molar-refractivity contribution in [2.24, 2.45) is 5.92 Å². The number of hydrogen-bond acceptors (Lipinski definition) is 2. The van der Waals surface area contributed by atoms with Gasteiger partial charge < -0.3 is 15.3 Å². The van der Waals surface area contributed by atoms with Crippen molar-refractivity contribution < 1.29 is 19.1 Å². The zero-order valence-corrected chi connectivity index (χ0v) is 12.5. The molecule has 2 atom stereocenters. The van der Waals surface area contributed by atoms with Gasteiger partial charge in [-0.15, -0.1) is 0 Å². The molecule has 1 aromatic carbocycles. The van der Waals surface area contributed by atoms with E-state index >= 15 is 0 Å². The van der Waals surface area contributed by atoms with Crippen molar-refractivity contribution >= 4 is 12.0 Å². The quantitative estimate of drug-likeness (QED) is 0.847. The molecule has 0 radical (unpaired) electrons. The number of carbonyl (C=O) groups is 2. The van der Waals surface area contributed by atoms with Gasteiger partial charge >= 0.3 is 12.0 Å². The van der Waals surface area contributed by atoms with Crippen LogP contribution in [0.15, 0.2) is 24.3 Å². The zero-order valence-electron chi connectivity index (χ0n) is 12.5. The Morgan fingerprint density at radius 3 is 2.52 bits per heavy atom. The molecule has 0 aliphatic rings. The van der Waals surface area contributed by atoms with Crippen molar-refractivity contribution in [1.29, 1.82) is 0 Å². The average Bonchev–Trinajstić information content (AvgIpc) is 2.45. The number of hydrogen-bond donors (Lipinski definition) is 2. The summed E-state index contributed by atoms with van der Waals surface area (Å²) in [6.07, 6.45) is 0.633. The Bertz CT molecular complexity index is 507. The smallest absolute Gasteiger partial charge is 0.326 e. The molecule has 0 fully saturated rings. The number of amides is 2. The summed E-state index contributed by atoms with van der Waals surface area (Å²) in [7, 11) is 1.50. The Kier molecular flexibility index (Phi) is 6.14. The first kappa shape index (κ1) is 16.9. The summed E-state index contributed by atoms with van der Waals surface area (Å²) in [5.74, 6) is -1.65. The number of carboxylic acid groups (broad SMARTS) is 1. The number of nitrogens with one attached hydrogen (secondary N) is 1. The van der Waals surface area contributed by atoms with Gasteiger partial charge in [0, 0.05) is 19.2 Å². The van der Waals surface area contributed by atoms with E-state index in [0.29, 0.717) is 12.0 Å². The minimum Gasteiger partial charge on any atom is -0.480 e. The fraction of sp³-hybridized carbons (Fsp3) is 0.467. The maximum Gasteiger partial charge on any atom is 0.326 e. The maximum absolute atomic E-state index is 13.5. The molecule has 0 aliphatic heterocycles. The predicted octanol–water partition coefficient (Wildman–Crippen LogP) is 2.47. The van der Waals surface area contributed by atoms with Gasteiger partial charge in [0.25, 0.3) is 0 Å². The summed E-state index contributed by atoms with van der Waals surface area (Å²) in [5.41, 5.74) is 0.380. The summed E-state index contributed by atoms with van der Waals surface area (Å²) in [5, 5.41) is 11.6. The number of aliphatic carboxylic acids is 1. The zero-order chi connectivity index (χ0) is 16.0. The van der Waals surface area contributed by atoms with Crippen LogP contribution in [0.1, 0.15) is 25.8 Å². The van der Waals surface area contributed by atoms with E-state index in [1.54, 1.807) is 25.1 Å². The minimum atomic E-state index is -1.07. The number of nitrogens with zero attached hydrogens (tertiary/aromatic N) is 1. The molecular weight excluding hydrogens is 275 g/mol. The first-order valence-corrected chi connectivity index (χ1v) is 6.84. The minimum absolute atomic E-state index is 0.0748. The fourth-order valence-corrected chi connectivity index (χ4v) is 1.88. The highest BCUT2D eigenvalue weighted by Gasteiger charge is 2.26. The van der Waals surface area contributed by atoms with Gasteiger partial charge in [0.2, 0.25) is 0 Å². The van der Waals surface area contributed by atoms with Gasteiger partial charge in [-0.2, -0.15) is 0 Å². The molecule has 0 spiro atoms. The van der Waals surface area contributed by atoms with Gasteiger partial charge in [0.15, 0.2) is 0 Å². The number of halogens is 1. The Morgan fingerprint density at radius 2 is 2.00 bits per heavy atom. The van der Waals surface area contributed by atoms with E-state index in [1.165, 1.54) is 18.0 Å². The van der Waals surface area contributed by atoms with E-state index in [0.717, 1.165) is 0 Å². The van der Waals surface area contributed by atoms with Gasteiger partial charge in [0.05, 0.1) is 0 Å². The van der Waals surface area contributed by atoms with Crippen molar-refractivity contribution in [3.63, 3.8) is 0 Å². The lowest BCUT2D eigenvalue weighted by atomic mass is 9.99. The fourth-order valence-electron chi connectivity index (χ4n) is 1.88. The third kappa shape index (κ3) is 4.73. The van der Waals surface area contributed by atoms with Crippen LogP contribution in [0, 0.1) is 11.7 Å². The largest absolute Gasteiger partial charge is 0.480 e. The molecule has 0 aromatic heterocycles. The van der Waals surface area contributed by atoms with E-state index in [1.807, 2.05) is 6.92 Å². The van der Waals surface area contributed by atoms with Crippen LogP contribution < -0.4 is 5.32 Å². The monoisotopic (exact) mass is 296 g/mol. The van der Waals surface area contributed by atoms with Crippen LogP contribution in [0.2, 0.25) is 0 Å². The van der Waals surface area contributed by atoms with Crippen molar-refractivity contribution in [2.75, 3.05) is 7.05 Å². The van der Waals surface area contributed by atoms with E-state index in [-0.39, 0.29) is 12.5 Å². The molecule has 2 amide bonds. The summed E-state index contributed by atoms with van der Waals surface area (Å²) in [6.45, 7) is 3.69. The summed E-state index contributed by atoms with van der Waals surface area (Å²) < 4.78 is 13.5. The lowest BCUT2D eigenvalue weighted by Crippen LogP contribution is -2.49. The third-order valence-corrected chi connectivity index (χ3v) is 3.47. The lowest BCUT2D eigenvalue weighted by molar-refractivity contribution is -0.140. The van der Waals surface area contributed by atoms with Gasteiger partial charge in [-0.05, 0) is 12.0 Å². The molecule has 5 nitrogen and oxygen atoms in total. The lowest BCUT2D eigenvalue weighted by Gasteiger charge is -2.24. The maximum atomic E-state index is 13.5. The number of benzene rings is 1. The Balaban J connectivity index is 2.70. The van der Waals surface area contributed by atoms with Crippen molar-refractivity contribution in [3.05, 3.63) is 35.6 Å². The molecule has 21 heavy (non-hydrogen) atoms. The number of urea groups is 1. The average molecular weight is 296 g/mol. The number of carboxylic acids is 1.